The molecule has 0 aliphatic rings. The molecule has 124 valence electrons. The number of nitrogens with zero attached hydrogens (tertiary/aromatic N) is 2. The molecule has 0 spiro atoms. The van der Waals surface area contributed by atoms with Crippen LogP contribution in [0.25, 0.3) is 10.9 Å². The van der Waals surface area contributed by atoms with Crippen molar-refractivity contribution < 1.29 is 9.90 Å². The molecule has 24 heavy (non-hydrogen) atoms. The molecule has 1 aromatic heterocycles. The fourth-order valence-corrected chi connectivity index (χ4v) is 3.18. The summed E-state index contributed by atoms with van der Waals surface area (Å²) in [5.74, 6) is -0.0933. The maximum Gasteiger partial charge on any atom is 0.263 e. The zero-order valence-electron chi connectivity index (χ0n) is 13.6. The van der Waals surface area contributed by atoms with Crippen molar-refractivity contribution in [2.24, 2.45) is 0 Å². The van der Waals surface area contributed by atoms with Gasteiger partial charge in [0.2, 0.25) is 0 Å². The number of hydrogen-bond donors (Lipinski definition) is 1. The van der Waals surface area contributed by atoms with E-state index in [9.17, 15) is 9.90 Å². The molecule has 3 aromatic rings. The van der Waals surface area contributed by atoms with Gasteiger partial charge in [0.15, 0.2) is 0 Å². The van der Waals surface area contributed by atoms with E-state index in [0.29, 0.717) is 12.0 Å². The fraction of sp³-hybridized carbons (Fsp3) is 0.211. The molecule has 4 nitrogen and oxygen atoms in total. The molecule has 0 aliphatic carbocycles. The van der Waals surface area contributed by atoms with Crippen LogP contribution in [0.1, 0.15) is 15.9 Å². The van der Waals surface area contributed by atoms with Crippen molar-refractivity contribution in [2.45, 2.75) is 12.6 Å². The number of carbonyl (C=O) groups excluding carboxylic acids is 1. The molecule has 1 heterocycles. The summed E-state index contributed by atoms with van der Waals surface area (Å²) in [6.45, 7) is 0. The summed E-state index contributed by atoms with van der Waals surface area (Å²) in [7, 11) is 3.66. The van der Waals surface area contributed by atoms with Gasteiger partial charge in [-0.25, -0.2) is 0 Å². The van der Waals surface area contributed by atoms with Crippen molar-refractivity contribution in [3.63, 3.8) is 0 Å². The van der Waals surface area contributed by atoms with Crippen molar-refractivity contribution in [1.29, 1.82) is 0 Å². The monoisotopic (exact) mass is 386 g/mol. The Morgan fingerprint density at radius 3 is 2.54 bits per heavy atom. The van der Waals surface area contributed by atoms with Crippen LogP contribution >= 0.6 is 15.9 Å². The van der Waals surface area contributed by atoms with E-state index in [1.54, 1.807) is 15.5 Å². The summed E-state index contributed by atoms with van der Waals surface area (Å²) < 4.78 is 2.43. The lowest BCUT2D eigenvalue weighted by Crippen LogP contribution is -2.29. The highest BCUT2D eigenvalue weighted by Crippen LogP contribution is 2.25. The van der Waals surface area contributed by atoms with Gasteiger partial charge in [0.1, 0.15) is 6.23 Å². The average molecular weight is 387 g/mol. The smallest absolute Gasteiger partial charge is 0.263 e. The van der Waals surface area contributed by atoms with Crippen molar-refractivity contribution in [2.75, 3.05) is 14.1 Å². The van der Waals surface area contributed by atoms with E-state index in [2.05, 4.69) is 15.9 Å². The average Bonchev–Trinajstić information content (AvgIpc) is 2.93. The molecule has 0 aliphatic heterocycles. The Bertz CT molecular complexity index is 886. The summed E-state index contributed by atoms with van der Waals surface area (Å²) in [6.07, 6.45) is 1.70. The maximum atomic E-state index is 13.0. The Morgan fingerprint density at radius 2 is 1.83 bits per heavy atom. The van der Waals surface area contributed by atoms with Gasteiger partial charge in [-0.2, -0.15) is 0 Å². The number of aromatic nitrogens is 1. The normalized spacial score (nSPS) is 12.7. The standard InChI is InChI=1S/C19H19BrN2O2/c1-21(2)18(23)11-13-12-22(17-10-6-4-7-14(13)17)19(24)15-8-3-5-9-16(15)20/h3-10,12,18,23H,11H2,1-2H3. The summed E-state index contributed by atoms with van der Waals surface area (Å²) in [5.41, 5.74) is 2.41. The Balaban J connectivity index is 2.09. The van der Waals surface area contributed by atoms with Gasteiger partial charge in [0, 0.05) is 22.5 Å². The zero-order valence-corrected chi connectivity index (χ0v) is 15.2. The van der Waals surface area contributed by atoms with Gasteiger partial charge in [-0.3, -0.25) is 14.3 Å². The molecule has 1 unspecified atom stereocenters. The summed E-state index contributed by atoms with van der Waals surface area (Å²) >= 11 is 3.44. The highest BCUT2D eigenvalue weighted by molar-refractivity contribution is 9.10. The van der Waals surface area contributed by atoms with E-state index >= 15 is 0 Å². The minimum absolute atomic E-state index is 0.0933. The molecule has 3 rings (SSSR count). The Morgan fingerprint density at radius 1 is 1.17 bits per heavy atom. The Labute approximate surface area is 149 Å². The van der Waals surface area contributed by atoms with E-state index in [1.807, 2.05) is 62.8 Å². The molecule has 0 saturated carbocycles. The number of rotatable bonds is 4. The second-order valence-corrected chi connectivity index (χ2v) is 6.83. The van der Waals surface area contributed by atoms with Crippen LogP contribution in [0.15, 0.2) is 59.2 Å². The third-order valence-corrected chi connectivity index (χ3v) is 4.81. The molecule has 0 radical (unpaired) electrons. The predicted molar refractivity (Wildman–Crippen MR) is 99.2 cm³/mol. The number of likely N-dealkylation sites (N-methyl/N-ethyl adjacent to an activating group) is 1. The van der Waals surface area contributed by atoms with Crippen molar-refractivity contribution >= 4 is 32.7 Å². The van der Waals surface area contributed by atoms with Crippen LogP contribution in [-0.4, -0.2) is 40.8 Å². The van der Waals surface area contributed by atoms with Crippen molar-refractivity contribution in [1.82, 2.24) is 9.47 Å². The van der Waals surface area contributed by atoms with Gasteiger partial charge < -0.3 is 5.11 Å². The third-order valence-electron chi connectivity index (χ3n) is 4.12. The SMILES string of the molecule is CN(C)C(O)Cc1cn(C(=O)c2ccccc2Br)c2ccccc12. The highest BCUT2D eigenvalue weighted by atomic mass is 79.9. The van der Waals surface area contributed by atoms with Gasteiger partial charge in [-0.05, 0) is 53.8 Å². The number of hydrogen-bond acceptors (Lipinski definition) is 3. The molecule has 0 bridgehead atoms. The topological polar surface area (TPSA) is 45.5 Å². The molecule has 2 aromatic carbocycles. The number of benzene rings is 2. The molecule has 0 fully saturated rings. The van der Waals surface area contributed by atoms with Crippen LogP contribution in [-0.2, 0) is 6.42 Å². The number of aliphatic hydroxyl groups is 1. The quantitative estimate of drug-likeness (QED) is 0.697. The first-order valence-corrected chi connectivity index (χ1v) is 8.51. The molecule has 1 atom stereocenters. The van der Waals surface area contributed by atoms with Gasteiger partial charge in [-0.15, -0.1) is 0 Å². The van der Waals surface area contributed by atoms with Crippen LogP contribution in [0.2, 0.25) is 0 Å². The summed E-state index contributed by atoms with van der Waals surface area (Å²) in [4.78, 5) is 14.7. The Kier molecular flexibility index (Phi) is 4.85. The second kappa shape index (κ2) is 6.89. The first-order valence-electron chi connectivity index (χ1n) is 7.71. The lowest BCUT2D eigenvalue weighted by atomic mass is 10.1. The lowest BCUT2D eigenvalue weighted by Gasteiger charge is -2.17. The summed E-state index contributed by atoms with van der Waals surface area (Å²) in [5, 5.41) is 11.2. The van der Waals surface area contributed by atoms with Crippen LogP contribution in [0.3, 0.4) is 0 Å². The fourth-order valence-electron chi connectivity index (χ4n) is 2.72. The van der Waals surface area contributed by atoms with Gasteiger partial charge in [0.05, 0.1) is 11.1 Å². The lowest BCUT2D eigenvalue weighted by molar-refractivity contribution is 0.0415. The van der Waals surface area contributed by atoms with E-state index in [-0.39, 0.29) is 5.91 Å². The van der Waals surface area contributed by atoms with E-state index < -0.39 is 6.23 Å². The number of fused-ring (bicyclic) bond motifs is 1. The first-order chi connectivity index (χ1) is 11.5. The van der Waals surface area contributed by atoms with Crippen molar-refractivity contribution in [3.8, 4) is 0 Å². The van der Waals surface area contributed by atoms with Crippen LogP contribution in [0.4, 0.5) is 0 Å². The predicted octanol–water partition coefficient (Wildman–Crippen LogP) is 3.51. The van der Waals surface area contributed by atoms with E-state index in [4.69, 9.17) is 0 Å². The number of halogens is 1. The largest absolute Gasteiger partial charge is 0.378 e. The highest BCUT2D eigenvalue weighted by Gasteiger charge is 2.18. The second-order valence-electron chi connectivity index (χ2n) is 5.97. The van der Waals surface area contributed by atoms with Gasteiger partial charge in [0.25, 0.3) is 5.91 Å². The molecular weight excluding hydrogens is 368 g/mol. The van der Waals surface area contributed by atoms with E-state index in [1.165, 1.54) is 0 Å². The zero-order chi connectivity index (χ0) is 17.3. The summed E-state index contributed by atoms with van der Waals surface area (Å²) in [6, 6.07) is 15.2. The molecule has 1 N–H and O–H groups in total. The minimum Gasteiger partial charge on any atom is -0.378 e. The first kappa shape index (κ1) is 16.9. The molecule has 0 saturated heterocycles. The molecular formula is C19H19BrN2O2. The number of para-hydroxylation sites is 1. The van der Waals surface area contributed by atoms with Crippen LogP contribution < -0.4 is 0 Å². The maximum absolute atomic E-state index is 13.0. The minimum atomic E-state index is -0.595. The van der Waals surface area contributed by atoms with Gasteiger partial charge >= 0.3 is 0 Å². The van der Waals surface area contributed by atoms with Crippen molar-refractivity contribution in [3.05, 3.63) is 70.3 Å². The van der Waals surface area contributed by atoms with Crippen LogP contribution in [0.5, 0.6) is 0 Å². The third kappa shape index (κ3) is 3.15. The van der Waals surface area contributed by atoms with E-state index in [0.717, 1.165) is 20.9 Å². The molecule has 5 heteroatoms. The number of aliphatic hydroxyl groups excluding tert-OH is 1. The Hall–Kier alpha value is -1.95. The van der Waals surface area contributed by atoms with Crippen LogP contribution in [0, 0.1) is 0 Å². The number of carbonyl (C=O) groups is 1. The molecule has 0 amide bonds. The van der Waals surface area contributed by atoms with Gasteiger partial charge in [-0.1, -0.05) is 30.3 Å².